The number of nitrogens with zero attached hydrogens (tertiary/aromatic N) is 8. The van der Waals surface area contributed by atoms with Crippen LogP contribution in [0.3, 0.4) is 0 Å². The molecular weight excluding hydrogens is 1250 g/mol. The molecule has 0 atom stereocenters. The van der Waals surface area contributed by atoms with Crippen LogP contribution >= 0.6 is 0 Å². The van der Waals surface area contributed by atoms with Gasteiger partial charge in [0.2, 0.25) is 0 Å². The van der Waals surface area contributed by atoms with E-state index in [0.29, 0.717) is 55.6 Å². The highest BCUT2D eigenvalue weighted by Gasteiger charge is 2.36. The minimum atomic E-state index is -4.86. The molecule has 0 aliphatic rings. The number of rotatable bonds is 10. The third-order valence-electron chi connectivity index (χ3n) is 16.6. The summed E-state index contributed by atoms with van der Waals surface area (Å²) in [5, 5.41) is -0.432. The quantitative estimate of drug-likeness (QED) is 0.127. The second kappa shape index (κ2) is 23.0. The third kappa shape index (κ3) is 11.4. The minimum Gasteiger partial charge on any atom is -0.309 e. The Morgan fingerprint density at radius 1 is 0.198 bits per heavy atom. The van der Waals surface area contributed by atoms with Crippen molar-refractivity contribution in [3.63, 3.8) is 0 Å². The van der Waals surface area contributed by atoms with E-state index in [1.165, 1.54) is 24.3 Å². The van der Waals surface area contributed by atoms with Crippen LogP contribution in [-0.4, -0.2) is 39.0 Å². The first kappa shape index (κ1) is 60.4. The van der Waals surface area contributed by atoms with Crippen molar-refractivity contribution in [2.75, 3.05) is 0 Å². The smallest absolute Gasteiger partial charge is 0.309 e. The summed E-state index contributed by atoms with van der Waals surface area (Å²) in [4.78, 5) is 29.8. The van der Waals surface area contributed by atoms with Crippen LogP contribution < -0.4 is 0 Å². The lowest BCUT2D eigenvalue weighted by Gasteiger charge is -2.16. The molecule has 4 heterocycles. The number of benzene rings is 11. The van der Waals surface area contributed by atoms with Gasteiger partial charge in [0, 0.05) is 66.3 Å². The summed E-state index contributed by atoms with van der Waals surface area (Å²) < 4.78 is 178. The molecular formula is C76H42F12N8. The van der Waals surface area contributed by atoms with Gasteiger partial charge in [-0.3, -0.25) is 0 Å². The van der Waals surface area contributed by atoms with Crippen LogP contribution in [0.25, 0.3) is 146 Å². The largest absolute Gasteiger partial charge is 0.416 e. The molecule has 11 aromatic carbocycles. The maximum Gasteiger partial charge on any atom is 0.416 e. The van der Waals surface area contributed by atoms with E-state index in [4.69, 9.17) is 29.9 Å². The van der Waals surface area contributed by atoms with Crippen LogP contribution in [0.15, 0.2) is 255 Å². The Hall–Kier alpha value is -11.8. The molecule has 0 radical (unpaired) electrons. The molecule has 0 N–H and O–H groups in total. The van der Waals surface area contributed by atoms with Crippen LogP contribution in [0, 0.1) is 0 Å². The average Bonchev–Trinajstić information content (AvgIpc) is 1.58. The molecule has 0 unspecified atom stereocenters. The summed E-state index contributed by atoms with van der Waals surface area (Å²) in [6.07, 6.45) is -19.4. The molecule has 470 valence electrons. The molecule has 0 aliphatic heterocycles. The van der Waals surface area contributed by atoms with E-state index in [1.54, 1.807) is 63.7 Å². The Morgan fingerprint density at radius 2 is 0.417 bits per heavy atom. The van der Waals surface area contributed by atoms with E-state index in [2.05, 4.69) is 0 Å². The zero-order chi connectivity index (χ0) is 66.4. The van der Waals surface area contributed by atoms with Crippen LogP contribution in [0.1, 0.15) is 22.3 Å². The summed E-state index contributed by atoms with van der Waals surface area (Å²) in [5.74, 6) is 1.45. The molecule has 0 saturated heterocycles. The normalized spacial score (nSPS) is 12.4. The lowest BCUT2D eigenvalue weighted by molar-refractivity contribution is -0.138. The van der Waals surface area contributed by atoms with Crippen molar-refractivity contribution in [1.29, 1.82) is 0 Å². The second-order valence-corrected chi connectivity index (χ2v) is 22.8. The molecule has 0 amide bonds. The summed E-state index contributed by atoms with van der Waals surface area (Å²) in [5.41, 5.74) is 2.00. The van der Waals surface area contributed by atoms with Gasteiger partial charge >= 0.3 is 24.7 Å². The predicted octanol–water partition coefficient (Wildman–Crippen LogP) is 21.7. The van der Waals surface area contributed by atoms with E-state index >= 15 is 0 Å². The molecule has 15 rings (SSSR count). The maximum atomic E-state index is 14.6. The molecule has 0 bridgehead atoms. The molecule has 96 heavy (non-hydrogen) atoms. The number of alkyl halides is 12. The van der Waals surface area contributed by atoms with Crippen LogP contribution in [0.2, 0.25) is 0 Å². The summed E-state index contributed by atoms with van der Waals surface area (Å²) >= 11 is 0. The van der Waals surface area contributed by atoms with Crippen molar-refractivity contribution in [3.8, 4) is 102 Å². The molecule has 20 heteroatoms. The van der Waals surface area contributed by atoms with Crippen LogP contribution in [0.4, 0.5) is 52.7 Å². The fourth-order valence-corrected chi connectivity index (χ4v) is 12.1. The fourth-order valence-electron chi connectivity index (χ4n) is 12.1. The Balaban J connectivity index is 0.990. The van der Waals surface area contributed by atoms with E-state index in [1.807, 2.05) is 127 Å². The number of hydrogen-bond donors (Lipinski definition) is 0. The van der Waals surface area contributed by atoms with Gasteiger partial charge < -0.3 is 9.13 Å². The minimum absolute atomic E-state index is 0.108. The highest BCUT2D eigenvalue weighted by Crippen LogP contribution is 2.45. The third-order valence-corrected chi connectivity index (χ3v) is 16.6. The SMILES string of the molecule is FC(F)(F)c1ccc2c(c1)c1cc(C(F)(F)F)ccc1n2-c1cc(-c2cccc(-c3cc(-c4nc(-c5ccccc5)nc(-c5ccccc5)n4)cc(-n4c5ccc(C(F)(F)F)cc5c5cc(C(F)(F)F)ccc54)c3)c2)cc(-c2nc(-c3ccccc3)nc(-c3ccccc3)n2)c1. The van der Waals surface area contributed by atoms with Gasteiger partial charge in [0.05, 0.1) is 44.3 Å². The van der Waals surface area contributed by atoms with Crippen molar-refractivity contribution in [2.45, 2.75) is 24.7 Å². The topological polar surface area (TPSA) is 87.2 Å². The highest BCUT2D eigenvalue weighted by atomic mass is 19.4. The number of halogens is 12. The second-order valence-electron chi connectivity index (χ2n) is 22.8. The Labute approximate surface area is 536 Å². The van der Waals surface area contributed by atoms with Gasteiger partial charge in [0.1, 0.15) is 0 Å². The summed E-state index contributed by atoms with van der Waals surface area (Å²) in [6, 6.07) is 65.7. The van der Waals surface area contributed by atoms with Crippen molar-refractivity contribution in [1.82, 2.24) is 39.0 Å². The van der Waals surface area contributed by atoms with E-state index in [9.17, 15) is 52.7 Å². The lowest BCUT2D eigenvalue weighted by Crippen LogP contribution is -2.04. The Kier molecular flexibility index (Phi) is 14.5. The highest BCUT2D eigenvalue weighted by molar-refractivity contribution is 6.11. The standard InChI is InChI=1S/C76H42F12N8/c77-73(78,79)53-24-28-63-59(39-53)60-40-54(74(80,81)82)25-29-64(60)95(63)57-35-49(33-51(37-57)71-91-67(43-14-5-1-6-15-43)89-68(92-71)44-16-7-2-8-17-44)47-22-13-23-48(32-47)50-34-52(72-93-69(45-18-9-3-10-19-45)90-70(94-72)46-20-11-4-12-21-46)38-58(36-50)96-65-30-26-55(75(83,84)85)41-61(65)62-42-56(76(86,87)88)27-31-66(62)96/h1-42H. The Morgan fingerprint density at radius 3 is 0.667 bits per heavy atom. The molecule has 0 spiro atoms. The average molecular weight is 1300 g/mol. The molecule has 4 aromatic heterocycles. The van der Waals surface area contributed by atoms with Gasteiger partial charge in [0.15, 0.2) is 34.9 Å². The molecule has 8 nitrogen and oxygen atoms in total. The number of aromatic nitrogens is 8. The molecule has 0 aliphatic carbocycles. The zero-order valence-corrected chi connectivity index (χ0v) is 49.4. The van der Waals surface area contributed by atoms with Gasteiger partial charge in [-0.05, 0) is 138 Å². The summed E-state index contributed by atoms with van der Waals surface area (Å²) in [6.45, 7) is 0. The molecule has 15 aromatic rings. The number of hydrogen-bond acceptors (Lipinski definition) is 6. The van der Waals surface area contributed by atoms with E-state index < -0.39 is 47.0 Å². The predicted molar refractivity (Wildman–Crippen MR) is 345 cm³/mol. The first-order valence-corrected chi connectivity index (χ1v) is 29.7. The van der Waals surface area contributed by atoms with Gasteiger partial charge in [-0.15, -0.1) is 0 Å². The van der Waals surface area contributed by atoms with E-state index in [-0.39, 0.29) is 89.9 Å². The maximum absolute atomic E-state index is 14.6. The molecule has 0 fully saturated rings. The van der Waals surface area contributed by atoms with Crippen LogP contribution in [-0.2, 0) is 24.7 Å². The van der Waals surface area contributed by atoms with Crippen molar-refractivity contribution in [2.24, 2.45) is 0 Å². The first-order chi connectivity index (χ1) is 46.1. The molecule has 0 saturated carbocycles. The van der Waals surface area contributed by atoms with Gasteiger partial charge in [-0.25, -0.2) is 29.9 Å². The van der Waals surface area contributed by atoms with Gasteiger partial charge in [0.25, 0.3) is 0 Å². The van der Waals surface area contributed by atoms with Gasteiger partial charge in [-0.1, -0.05) is 140 Å². The monoisotopic (exact) mass is 1290 g/mol. The Bertz CT molecular complexity index is 4940. The number of fused-ring (bicyclic) bond motifs is 6. The zero-order valence-electron chi connectivity index (χ0n) is 49.4. The van der Waals surface area contributed by atoms with E-state index in [0.717, 1.165) is 48.5 Å². The summed E-state index contributed by atoms with van der Waals surface area (Å²) in [7, 11) is 0. The van der Waals surface area contributed by atoms with Crippen LogP contribution in [0.5, 0.6) is 0 Å². The van der Waals surface area contributed by atoms with Crippen molar-refractivity contribution < 1.29 is 52.7 Å². The van der Waals surface area contributed by atoms with Crippen molar-refractivity contribution in [3.05, 3.63) is 277 Å². The van der Waals surface area contributed by atoms with Crippen molar-refractivity contribution >= 4 is 43.6 Å². The first-order valence-electron chi connectivity index (χ1n) is 29.7. The van der Waals surface area contributed by atoms with Gasteiger partial charge in [-0.2, -0.15) is 52.7 Å². The lowest BCUT2D eigenvalue weighted by atomic mass is 9.95. The fraction of sp³-hybridized carbons (Fsp3) is 0.0526.